The number of nitrogens with zero attached hydrogens (tertiary/aromatic N) is 1. The van der Waals surface area contributed by atoms with Crippen LogP contribution in [0, 0.1) is 0 Å². The molecule has 12 aromatic carbocycles. The standard InChI is InChI=1S/C74H51N/c1-8-24-52(25-9-1)55-40-45-62(46-41-55)75(63-47-42-56(43-48-63)53-26-10-2-11-27-53)72-70-64-38-22-23-39-66(64)73(58-30-14-4-15-31-58,59-32-16-5-17-33-59)68(70)51-69-71(72)65-49-44-57(54-28-12-3-13-29-54)50-67(65)74(69,60-34-18-6-19-35-60)61-36-20-7-21-37-61/h1-51H. The Kier molecular flexibility index (Phi) is 10.7. The SMILES string of the molecule is c1ccc(-c2ccc(N(c3ccc(-c4ccccc4)cc3)c3c4c(cc5c3-c3ccc(-c6ccccc6)cc3C5(c3ccccc3)c3ccccc3)C(c3ccccc3)(c3ccccc3)c3ccccc3-4)cc2)cc1. The lowest BCUT2D eigenvalue weighted by Crippen LogP contribution is -2.31. The molecule has 75 heavy (non-hydrogen) atoms. The number of rotatable bonds is 10. The van der Waals surface area contributed by atoms with E-state index >= 15 is 0 Å². The maximum atomic E-state index is 2.64. The lowest BCUT2D eigenvalue weighted by atomic mass is 9.64. The summed E-state index contributed by atoms with van der Waals surface area (Å²) in [5, 5.41) is 0. The van der Waals surface area contributed by atoms with Crippen molar-refractivity contribution in [3.05, 3.63) is 354 Å². The van der Waals surface area contributed by atoms with E-state index < -0.39 is 10.8 Å². The second-order valence-corrected chi connectivity index (χ2v) is 19.9. The van der Waals surface area contributed by atoms with Crippen LogP contribution in [0.2, 0.25) is 0 Å². The van der Waals surface area contributed by atoms with Crippen molar-refractivity contribution < 1.29 is 0 Å². The molecule has 0 atom stereocenters. The summed E-state index contributed by atoms with van der Waals surface area (Å²) in [5.74, 6) is 0. The van der Waals surface area contributed by atoms with E-state index in [-0.39, 0.29) is 0 Å². The zero-order valence-corrected chi connectivity index (χ0v) is 41.4. The molecule has 0 saturated carbocycles. The van der Waals surface area contributed by atoms with Gasteiger partial charge in [0.1, 0.15) is 0 Å². The van der Waals surface area contributed by atoms with Crippen LogP contribution in [0.25, 0.3) is 55.6 Å². The lowest BCUT2D eigenvalue weighted by molar-refractivity contribution is 0.744. The summed E-state index contributed by atoms with van der Waals surface area (Å²) in [6, 6.07) is 115. The third-order valence-corrected chi connectivity index (χ3v) is 16.0. The number of hydrogen-bond donors (Lipinski definition) is 0. The molecule has 352 valence electrons. The first-order chi connectivity index (χ1) is 37.2. The van der Waals surface area contributed by atoms with Gasteiger partial charge in [-0.1, -0.05) is 279 Å². The average molecular weight is 954 g/mol. The Morgan fingerprint density at radius 2 is 0.520 bits per heavy atom. The molecule has 12 aromatic rings. The summed E-state index contributed by atoms with van der Waals surface area (Å²) >= 11 is 0. The van der Waals surface area contributed by atoms with Gasteiger partial charge in [0.25, 0.3) is 0 Å². The van der Waals surface area contributed by atoms with Gasteiger partial charge < -0.3 is 4.90 Å². The Morgan fingerprint density at radius 3 is 0.933 bits per heavy atom. The van der Waals surface area contributed by atoms with Crippen molar-refractivity contribution in [3.8, 4) is 55.6 Å². The summed E-state index contributed by atoms with van der Waals surface area (Å²) in [6.07, 6.45) is 0. The summed E-state index contributed by atoms with van der Waals surface area (Å²) in [6.45, 7) is 0. The minimum absolute atomic E-state index is 0.693. The molecule has 0 bridgehead atoms. The summed E-state index contributed by atoms with van der Waals surface area (Å²) in [4.78, 5) is 2.59. The number of fused-ring (bicyclic) bond motifs is 6. The first-order valence-electron chi connectivity index (χ1n) is 26.1. The average Bonchev–Trinajstić information content (AvgIpc) is 4.12. The molecular formula is C74H51N. The van der Waals surface area contributed by atoms with Crippen molar-refractivity contribution in [2.45, 2.75) is 10.8 Å². The maximum absolute atomic E-state index is 2.64. The molecule has 2 aliphatic carbocycles. The molecular weight excluding hydrogens is 903 g/mol. The van der Waals surface area contributed by atoms with Crippen LogP contribution in [0.4, 0.5) is 17.1 Å². The molecule has 0 unspecified atom stereocenters. The van der Waals surface area contributed by atoms with Gasteiger partial charge >= 0.3 is 0 Å². The first-order valence-corrected chi connectivity index (χ1v) is 26.1. The van der Waals surface area contributed by atoms with E-state index in [1.807, 2.05) is 0 Å². The van der Waals surface area contributed by atoms with Crippen LogP contribution in [0.1, 0.15) is 44.5 Å². The number of anilines is 3. The van der Waals surface area contributed by atoms with Crippen LogP contribution in [-0.4, -0.2) is 0 Å². The second-order valence-electron chi connectivity index (χ2n) is 19.9. The Hall–Kier alpha value is -9.56. The van der Waals surface area contributed by atoms with Crippen LogP contribution >= 0.6 is 0 Å². The maximum Gasteiger partial charge on any atom is 0.0714 e. The molecule has 0 spiro atoms. The highest BCUT2D eigenvalue weighted by Crippen LogP contribution is 2.67. The van der Waals surface area contributed by atoms with Crippen molar-refractivity contribution in [3.63, 3.8) is 0 Å². The summed E-state index contributed by atoms with van der Waals surface area (Å²) < 4.78 is 0. The summed E-state index contributed by atoms with van der Waals surface area (Å²) in [5.41, 5.74) is 23.8. The van der Waals surface area contributed by atoms with E-state index in [2.05, 4.69) is 314 Å². The highest BCUT2D eigenvalue weighted by Gasteiger charge is 2.54. The largest absolute Gasteiger partial charge is 0.309 e. The van der Waals surface area contributed by atoms with E-state index in [4.69, 9.17) is 0 Å². The molecule has 0 aromatic heterocycles. The van der Waals surface area contributed by atoms with E-state index in [0.717, 1.165) is 17.1 Å². The first kappa shape index (κ1) is 44.2. The number of benzene rings is 12. The Bertz CT molecular complexity index is 3820. The topological polar surface area (TPSA) is 3.24 Å². The van der Waals surface area contributed by atoms with Crippen molar-refractivity contribution in [2.24, 2.45) is 0 Å². The van der Waals surface area contributed by atoms with Crippen molar-refractivity contribution in [2.75, 3.05) is 4.90 Å². The van der Waals surface area contributed by atoms with Gasteiger partial charge in [-0.25, -0.2) is 0 Å². The fourth-order valence-corrected chi connectivity index (χ4v) is 12.8. The van der Waals surface area contributed by atoms with Crippen molar-refractivity contribution in [1.29, 1.82) is 0 Å². The van der Waals surface area contributed by atoms with Crippen LogP contribution in [0.3, 0.4) is 0 Å². The molecule has 0 heterocycles. The normalized spacial score (nSPS) is 13.3. The molecule has 1 heteroatoms. The van der Waals surface area contributed by atoms with Gasteiger partial charge in [-0.2, -0.15) is 0 Å². The van der Waals surface area contributed by atoms with E-state index in [1.54, 1.807) is 0 Å². The molecule has 2 aliphatic rings. The molecule has 0 aliphatic heterocycles. The minimum atomic E-state index is -0.740. The zero-order valence-electron chi connectivity index (χ0n) is 41.4. The predicted molar refractivity (Wildman–Crippen MR) is 312 cm³/mol. The van der Waals surface area contributed by atoms with Crippen molar-refractivity contribution >= 4 is 17.1 Å². The molecule has 0 N–H and O–H groups in total. The molecule has 0 fully saturated rings. The van der Waals surface area contributed by atoms with Gasteiger partial charge in [0, 0.05) is 22.5 Å². The van der Waals surface area contributed by atoms with Gasteiger partial charge in [-0.3, -0.25) is 0 Å². The second kappa shape index (κ2) is 18.2. The Balaban J connectivity index is 1.19. The highest BCUT2D eigenvalue weighted by molar-refractivity contribution is 6.08. The molecule has 0 amide bonds. The molecule has 1 nitrogen and oxygen atoms in total. The van der Waals surface area contributed by atoms with E-state index in [0.29, 0.717) is 0 Å². The molecule has 0 saturated heterocycles. The van der Waals surface area contributed by atoms with Gasteiger partial charge in [0.05, 0.1) is 16.5 Å². The van der Waals surface area contributed by atoms with Gasteiger partial charge in [-0.05, 0) is 119 Å². The Morgan fingerprint density at radius 1 is 0.213 bits per heavy atom. The fourth-order valence-electron chi connectivity index (χ4n) is 12.8. The monoisotopic (exact) mass is 953 g/mol. The quantitative estimate of drug-likeness (QED) is 0.132. The van der Waals surface area contributed by atoms with E-state index in [1.165, 1.54) is 100 Å². The fraction of sp³-hybridized carbons (Fsp3) is 0.0270. The predicted octanol–water partition coefficient (Wildman–Crippen LogP) is 18.9. The zero-order chi connectivity index (χ0) is 49.8. The Labute approximate surface area is 440 Å². The van der Waals surface area contributed by atoms with Gasteiger partial charge in [0.15, 0.2) is 0 Å². The van der Waals surface area contributed by atoms with Crippen molar-refractivity contribution in [1.82, 2.24) is 0 Å². The smallest absolute Gasteiger partial charge is 0.0714 e. The molecule has 0 radical (unpaired) electrons. The third kappa shape index (κ3) is 6.93. The minimum Gasteiger partial charge on any atom is -0.309 e. The van der Waals surface area contributed by atoms with E-state index in [9.17, 15) is 0 Å². The highest BCUT2D eigenvalue weighted by atomic mass is 15.1. The lowest BCUT2D eigenvalue weighted by Gasteiger charge is -2.38. The van der Waals surface area contributed by atoms with Crippen LogP contribution < -0.4 is 4.90 Å². The molecule has 14 rings (SSSR count). The summed E-state index contributed by atoms with van der Waals surface area (Å²) in [7, 11) is 0. The number of hydrogen-bond acceptors (Lipinski definition) is 1. The van der Waals surface area contributed by atoms with Gasteiger partial charge in [0.2, 0.25) is 0 Å². The third-order valence-electron chi connectivity index (χ3n) is 16.0. The van der Waals surface area contributed by atoms with Crippen LogP contribution in [0.15, 0.2) is 309 Å². The van der Waals surface area contributed by atoms with Gasteiger partial charge in [-0.15, -0.1) is 0 Å². The van der Waals surface area contributed by atoms with Crippen LogP contribution in [0.5, 0.6) is 0 Å². The van der Waals surface area contributed by atoms with Crippen LogP contribution in [-0.2, 0) is 10.8 Å².